The van der Waals surface area contributed by atoms with Crippen LogP contribution in [0, 0.1) is 5.92 Å². The van der Waals surface area contributed by atoms with Crippen LogP contribution in [-0.4, -0.2) is 31.7 Å². The van der Waals surface area contributed by atoms with Gasteiger partial charge < -0.3 is 20.5 Å². The number of amides is 1. The maximum absolute atomic E-state index is 12.1. The first-order chi connectivity index (χ1) is 11.0. The molecule has 1 atom stereocenters. The minimum Gasteiger partial charge on any atom is -0.493 e. The van der Waals surface area contributed by atoms with E-state index in [1.165, 1.54) is 0 Å². The lowest BCUT2D eigenvalue weighted by atomic mass is 9.96. The lowest BCUT2D eigenvalue weighted by molar-refractivity contribution is -0.125. The van der Waals surface area contributed by atoms with E-state index in [4.69, 9.17) is 15.2 Å². The molecule has 0 saturated heterocycles. The third-order valence-electron chi connectivity index (χ3n) is 4.29. The van der Waals surface area contributed by atoms with Gasteiger partial charge in [0.05, 0.1) is 12.6 Å². The Balaban J connectivity index is 0.00000288. The number of methoxy groups -OCH3 is 1. The van der Waals surface area contributed by atoms with E-state index in [0.29, 0.717) is 24.0 Å². The summed E-state index contributed by atoms with van der Waals surface area (Å²) in [7, 11) is 1.58. The number of halogens is 1. The van der Waals surface area contributed by atoms with Gasteiger partial charge in [0.2, 0.25) is 0 Å². The van der Waals surface area contributed by atoms with Crippen LogP contribution in [0.1, 0.15) is 25.3 Å². The van der Waals surface area contributed by atoms with Crippen LogP contribution in [-0.2, 0) is 11.2 Å². The van der Waals surface area contributed by atoms with Crippen LogP contribution < -0.4 is 20.5 Å². The predicted octanol–water partition coefficient (Wildman–Crippen LogP) is 2.47. The van der Waals surface area contributed by atoms with Gasteiger partial charge in [0.25, 0.3) is 5.91 Å². The van der Waals surface area contributed by atoms with Crippen molar-refractivity contribution in [3.63, 3.8) is 0 Å². The van der Waals surface area contributed by atoms with Gasteiger partial charge in [0.1, 0.15) is 0 Å². The van der Waals surface area contributed by atoms with Gasteiger partial charge in [0, 0.05) is 6.54 Å². The Bertz CT molecular complexity index is 575. The molecule has 1 aliphatic rings. The summed E-state index contributed by atoms with van der Waals surface area (Å²) in [5.74, 6) is 1.48. The zero-order valence-corrected chi connectivity index (χ0v) is 15.2. The number of nitrogens with one attached hydrogen (secondary N) is 1. The van der Waals surface area contributed by atoms with Crippen LogP contribution in [0.3, 0.4) is 0 Å². The number of benzene rings is 1. The molecule has 0 heterocycles. The predicted molar refractivity (Wildman–Crippen MR) is 98.0 cm³/mol. The highest BCUT2D eigenvalue weighted by molar-refractivity contribution is 5.85. The van der Waals surface area contributed by atoms with Crippen molar-refractivity contribution in [2.45, 2.75) is 31.7 Å². The molecule has 0 aromatic heterocycles. The molecule has 0 spiro atoms. The van der Waals surface area contributed by atoms with Crippen molar-refractivity contribution < 1.29 is 14.3 Å². The Labute approximate surface area is 150 Å². The summed E-state index contributed by atoms with van der Waals surface area (Å²) in [6.07, 6.45) is 4.82. The van der Waals surface area contributed by atoms with Crippen molar-refractivity contribution in [1.82, 2.24) is 5.32 Å². The van der Waals surface area contributed by atoms with E-state index >= 15 is 0 Å². The molecule has 1 saturated carbocycles. The number of ether oxygens (including phenoxy) is 2. The van der Waals surface area contributed by atoms with Crippen molar-refractivity contribution in [1.29, 1.82) is 0 Å². The van der Waals surface area contributed by atoms with Crippen LogP contribution in [0.25, 0.3) is 0 Å². The van der Waals surface area contributed by atoms with Gasteiger partial charge in [-0.15, -0.1) is 19.0 Å². The molecule has 6 heteroatoms. The smallest absolute Gasteiger partial charge is 0.258 e. The van der Waals surface area contributed by atoms with Gasteiger partial charge in [-0.3, -0.25) is 4.79 Å². The molecule has 1 unspecified atom stereocenters. The van der Waals surface area contributed by atoms with E-state index in [0.717, 1.165) is 24.8 Å². The highest BCUT2D eigenvalue weighted by Crippen LogP contribution is 2.39. The quantitative estimate of drug-likeness (QED) is 0.668. The zero-order valence-electron chi connectivity index (χ0n) is 14.3. The molecule has 2 rings (SSSR count). The Kier molecular flexibility index (Phi) is 7.58. The standard InChI is InChI=1S/C18H26N2O3.ClH/c1-4-5-13-6-9-15(16(10-13)22-3)23-11-17(21)20-18(2,12-19)14-7-8-14;/h4,6,9-10,14H,1,5,7-8,11-12,19H2,2-3H3,(H,20,21);1H. The van der Waals surface area contributed by atoms with E-state index in [-0.39, 0.29) is 30.5 Å². The molecule has 134 valence electrons. The average Bonchev–Trinajstić information content (AvgIpc) is 3.39. The second-order valence-corrected chi connectivity index (χ2v) is 6.21. The Morgan fingerprint density at radius 2 is 2.17 bits per heavy atom. The van der Waals surface area contributed by atoms with Crippen LogP contribution in [0.2, 0.25) is 0 Å². The maximum Gasteiger partial charge on any atom is 0.258 e. The summed E-state index contributed by atoms with van der Waals surface area (Å²) in [4.78, 5) is 12.1. The number of allylic oxidation sites excluding steroid dienone is 1. The topological polar surface area (TPSA) is 73.6 Å². The molecule has 1 aromatic carbocycles. The summed E-state index contributed by atoms with van der Waals surface area (Å²) in [5, 5.41) is 3.00. The van der Waals surface area contributed by atoms with Crippen molar-refractivity contribution in [3.8, 4) is 11.5 Å². The number of hydrogen-bond donors (Lipinski definition) is 2. The first-order valence-electron chi connectivity index (χ1n) is 7.94. The molecule has 0 radical (unpaired) electrons. The molecular weight excluding hydrogens is 328 g/mol. The van der Waals surface area contributed by atoms with Gasteiger partial charge >= 0.3 is 0 Å². The first-order valence-corrected chi connectivity index (χ1v) is 7.94. The summed E-state index contributed by atoms with van der Waals surface area (Å²) in [6, 6.07) is 5.64. The fourth-order valence-electron chi connectivity index (χ4n) is 2.66. The van der Waals surface area contributed by atoms with Crippen molar-refractivity contribution in [3.05, 3.63) is 36.4 Å². The fraction of sp³-hybridized carbons (Fsp3) is 0.500. The normalized spacial score (nSPS) is 15.6. The van der Waals surface area contributed by atoms with Gasteiger partial charge in [-0.1, -0.05) is 12.1 Å². The molecular formula is C18H27ClN2O3. The molecule has 1 aromatic rings. The summed E-state index contributed by atoms with van der Waals surface area (Å²) >= 11 is 0. The van der Waals surface area contributed by atoms with Crippen molar-refractivity contribution in [2.24, 2.45) is 11.7 Å². The molecule has 0 bridgehead atoms. The van der Waals surface area contributed by atoms with E-state index < -0.39 is 0 Å². The average molecular weight is 355 g/mol. The Morgan fingerprint density at radius 1 is 1.46 bits per heavy atom. The molecule has 24 heavy (non-hydrogen) atoms. The number of carbonyl (C=O) groups is 1. The van der Waals surface area contributed by atoms with Gasteiger partial charge in [-0.05, 0) is 49.8 Å². The fourth-order valence-corrected chi connectivity index (χ4v) is 2.66. The lowest BCUT2D eigenvalue weighted by Crippen LogP contribution is -2.54. The van der Waals surface area contributed by atoms with E-state index in [1.54, 1.807) is 7.11 Å². The van der Waals surface area contributed by atoms with Gasteiger partial charge in [0.15, 0.2) is 18.1 Å². The second kappa shape index (κ2) is 8.94. The number of carbonyl (C=O) groups excluding carboxylic acids is 1. The first kappa shape index (κ1) is 20.3. The van der Waals surface area contributed by atoms with Crippen LogP contribution in [0.15, 0.2) is 30.9 Å². The zero-order chi connectivity index (χ0) is 16.9. The third-order valence-corrected chi connectivity index (χ3v) is 4.29. The van der Waals surface area contributed by atoms with Crippen molar-refractivity contribution in [2.75, 3.05) is 20.3 Å². The molecule has 1 aliphatic carbocycles. The largest absolute Gasteiger partial charge is 0.493 e. The molecule has 1 fully saturated rings. The monoisotopic (exact) mass is 354 g/mol. The second-order valence-electron chi connectivity index (χ2n) is 6.21. The van der Waals surface area contributed by atoms with Gasteiger partial charge in [-0.2, -0.15) is 0 Å². The minimum absolute atomic E-state index is 0. The minimum atomic E-state index is -0.335. The summed E-state index contributed by atoms with van der Waals surface area (Å²) < 4.78 is 10.9. The van der Waals surface area contributed by atoms with Crippen LogP contribution in [0.4, 0.5) is 0 Å². The summed E-state index contributed by atoms with van der Waals surface area (Å²) in [6.45, 7) is 6.09. The summed E-state index contributed by atoms with van der Waals surface area (Å²) in [5.41, 5.74) is 6.56. The third kappa shape index (κ3) is 5.14. The highest BCUT2D eigenvalue weighted by atomic mass is 35.5. The molecule has 1 amide bonds. The number of rotatable bonds is 9. The van der Waals surface area contributed by atoms with E-state index in [2.05, 4.69) is 11.9 Å². The van der Waals surface area contributed by atoms with Crippen LogP contribution in [0.5, 0.6) is 11.5 Å². The number of hydrogen-bond acceptors (Lipinski definition) is 4. The Hall–Kier alpha value is -1.72. The SMILES string of the molecule is C=CCc1ccc(OCC(=O)NC(C)(CN)C2CC2)c(OC)c1.Cl. The molecule has 3 N–H and O–H groups in total. The lowest BCUT2D eigenvalue weighted by Gasteiger charge is -2.29. The van der Waals surface area contributed by atoms with Gasteiger partial charge in [-0.25, -0.2) is 0 Å². The molecule has 0 aliphatic heterocycles. The number of nitrogens with two attached hydrogens (primary N) is 1. The van der Waals surface area contributed by atoms with E-state index in [1.807, 2.05) is 31.2 Å². The molecule has 5 nitrogen and oxygen atoms in total. The maximum atomic E-state index is 12.1. The highest BCUT2D eigenvalue weighted by Gasteiger charge is 2.41. The van der Waals surface area contributed by atoms with Crippen LogP contribution >= 0.6 is 12.4 Å². The van der Waals surface area contributed by atoms with Crippen molar-refractivity contribution >= 4 is 18.3 Å². The Morgan fingerprint density at radius 3 is 2.71 bits per heavy atom. The van der Waals surface area contributed by atoms with E-state index in [9.17, 15) is 4.79 Å².